The van der Waals surface area contributed by atoms with Gasteiger partial charge in [0.15, 0.2) is 5.72 Å². The molecule has 2 aromatic rings. The van der Waals surface area contributed by atoms with Crippen molar-refractivity contribution in [3.63, 3.8) is 0 Å². The molecule has 4 atom stereocenters. The minimum atomic E-state index is -0.672. The van der Waals surface area contributed by atoms with Gasteiger partial charge in [-0.25, -0.2) is 9.97 Å². The maximum Gasteiger partial charge on any atom is 0.258 e. The highest BCUT2D eigenvalue weighted by atomic mass is 16.5. The number of aromatic nitrogens is 2. The van der Waals surface area contributed by atoms with E-state index in [9.17, 15) is 9.59 Å². The summed E-state index contributed by atoms with van der Waals surface area (Å²) in [5.74, 6) is 1.96. The minimum Gasteiger partial charge on any atom is -0.467 e. The van der Waals surface area contributed by atoms with E-state index in [4.69, 9.17) is 4.74 Å². The fraction of sp³-hybridized carbons (Fsp3) is 0.500. The summed E-state index contributed by atoms with van der Waals surface area (Å²) in [6, 6.07) is 9.23. The number of amides is 2. The van der Waals surface area contributed by atoms with Gasteiger partial charge < -0.3 is 19.9 Å². The first-order chi connectivity index (χ1) is 15.6. The van der Waals surface area contributed by atoms with Crippen LogP contribution in [0, 0.1) is 17.8 Å². The summed E-state index contributed by atoms with van der Waals surface area (Å²) in [6.07, 6.45) is 6.97. The molecule has 1 aromatic carbocycles. The van der Waals surface area contributed by atoms with Gasteiger partial charge in [0.25, 0.3) is 5.91 Å². The Morgan fingerprint density at radius 2 is 1.84 bits per heavy atom. The smallest absolute Gasteiger partial charge is 0.258 e. The molecule has 32 heavy (non-hydrogen) atoms. The second kappa shape index (κ2) is 7.46. The zero-order valence-corrected chi connectivity index (χ0v) is 17.9. The number of piperazine rings is 1. The van der Waals surface area contributed by atoms with Crippen LogP contribution in [-0.2, 0) is 4.79 Å². The standard InChI is InChI=1S/C24H27N5O3/c30-21-18-4-1-2-5-20(18)32-24(27-21)15-16-6-7-17(24)14-19(16)22(31)28-10-12-29(13-11-28)23-25-8-3-9-26-23/h1-5,8-9,16-17,19H,6-7,10-15H2,(H,27,30)/t16-,17-,19+,24-/m1/s1. The van der Waals surface area contributed by atoms with Gasteiger partial charge in [0.2, 0.25) is 11.9 Å². The van der Waals surface area contributed by atoms with Crippen LogP contribution >= 0.6 is 0 Å². The summed E-state index contributed by atoms with van der Waals surface area (Å²) in [7, 11) is 0. The molecule has 2 amide bonds. The molecular formula is C24H27N5O3. The highest BCUT2D eigenvalue weighted by Gasteiger charge is 2.57. The maximum atomic E-state index is 13.5. The highest BCUT2D eigenvalue weighted by molar-refractivity contribution is 5.98. The van der Waals surface area contributed by atoms with Crippen molar-refractivity contribution >= 4 is 17.8 Å². The molecule has 8 heteroatoms. The topological polar surface area (TPSA) is 87.7 Å². The van der Waals surface area contributed by atoms with Crippen molar-refractivity contribution in [2.75, 3.05) is 31.1 Å². The summed E-state index contributed by atoms with van der Waals surface area (Å²) in [6.45, 7) is 2.88. The lowest BCUT2D eigenvalue weighted by molar-refractivity contribution is -0.155. The normalized spacial score (nSPS) is 31.1. The number of ether oxygens (including phenoxy) is 1. The van der Waals surface area contributed by atoms with Crippen LogP contribution in [0.1, 0.15) is 36.0 Å². The Morgan fingerprint density at radius 1 is 1.06 bits per heavy atom. The number of nitrogens with one attached hydrogen (secondary N) is 1. The second-order valence-corrected chi connectivity index (χ2v) is 9.38. The predicted octanol–water partition coefficient (Wildman–Crippen LogP) is 2.08. The molecule has 1 aromatic heterocycles. The lowest BCUT2D eigenvalue weighted by Crippen LogP contribution is -2.67. The summed E-state index contributed by atoms with van der Waals surface area (Å²) >= 11 is 0. The fourth-order valence-electron chi connectivity index (χ4n) is 6.08. The highest BCUT2D eigenvalue weighted by Crippen LogP contribution is 2.52. The molecule has 5 aliphatic rings. The number of para-hydroxylation sites is 1. The summed E-state index contributed by atoms with van der Waals surface area (Å²) in [4.78, 5) is 39.0. The minimum absolute atomic E-state index is 0.0107. The van der Waals surface area contributed by atoms with Gasteiger partial charge in [0.1, 0.15) is 5.75 Å². The molecule has 3 saturated carbocycles. The number of carbonyl (C=O) groups excluding carboxylic acids is 2. The molecule has 0 unspecified atom stereocenters. The van der Waals surface area contributed by atoms with E-state index in [0.29, 0.717) is 30.8 Å². The van der Waals surface area contributed by atoms with E-state index < -0.39 is 5.72 Å². The van der Waals surface area contributed by atoms with E-state index in [-0.39, 0.29) is 29.6 Å². The van der Waals surface area contributed by atoms with Crippen LogP contribution in [0.5, 0.6) is 5.75 Å². The lowest BCUT2D eigenvalue weighted by atomic mass is 9.59. The Balaban J connectivity index is 1.14. The predicted molar refractivity (Wildman–Crippen MR) is 117 cm³/mol. The van der Waals surface area contributed by atoms with Crippen molar-refractivity contribution in [3.05, 3.63) is 48.3 Å². The Hall–Kier alpha value is -3.16. The molecule has 1 N–H and O–H groups in total. The van der Waals surface area contributed by atoms with Crippen molar-refractivity contribution < 1.29 is 14.3 Å². The van der Waals surface area contributed by atoms with Crippen molar-refractivity contribution in [2.24, 2.45) is 17.8 Å². The molecule has 1 saturated heterocycles. The third-order valence-electron chi connectivity index (χ3n) is 7.71. The molecule has 2 bridgehead atoms. The van der Waals surface area contributed by atoms with Gasteiger partial charge in [0, 0.05) is 56.8 Å². The van der Waals surface area contributed by atoms with E-state index in [2.05, 4.69) is 20.2 Å². The first-order valence-corrected chi connectivity index (χ1v) is 11.5. The van der Waals surface area contributed by atoms with Gasteiger partial charge in [0.05, 0.1) is 5.56 Å². The number of hydrogen-bond donors (Lipinski definition) is 1. The van der Waals surface area contributed by atoms with E-state index in [0.717, 1.165) is 38.3 Å². The Kier molecular flexibility index (Phi) is 4.55. The van der Waals surface area contributed by atoms with Crippen LogP contribution in [0.3, 0.4) is 0 Å². The van der Waals surface area contributed by atoms with E-state index >= 15 is 0 Å². The summed E-state index contributed by atoms with van der Waals surface area (Å²) in [5.41, 5.74) is -0.0819. The Bertz CT molecular complexity index is 1040. The maximum absolute atomic E-state index is 13.5. The molecule has 4 fully saturated rings. The van der Waals surface area contributed by atoms with Crippen LogP contribution in [0.25, 0.3) is 0 Å². The van der Waals surface area contributed by atoms with Crippen LogP contribution < -0.4 is 15.0 Å². The second-order valence-electron chi connectivity index (χ2n) is 9.38. The quantitative estimate of drug-likeness (QED) is 0.780. The zero-order valence-electron chi connectivity index (χ0n) is 17.9. The van der Waals surface area contributed by atoms with Gasteiger partial charge in [-0.2, -0.15) is 0 Å². The summed E-state index contributed by atoms with van der Waals surface area (Å²) in [5, 5.41) is 3.18. The molecule has 2 aliphatic heterocycles. The molecular weight excluding hydrogens is 406 g/mol. The zero-order chi connectivity index (χ0) is 21.7. The number of fused-ring (bicyclic) bond motifs is 3. The number of anilines is 1. The van der Waals surface area contributed by atoms with Crippen LogP contribution in [0.15, 0.2) is 42.7 Å². The summed E-state index contributed by atoms with van der Waals surface area (Å²) < 4.78 is 6.42. The van der Waals surface area contributed by atoms with Gasteiger partial charge in [-0.15, -0.1) is 0 Å². The van der Waals surface area contributed by atoms with Gasteiger partial charge in [-0.3, -0.25) is 9.59 Å². The van der Waals surface area contributed by atoms with Gasteiger partial charge in [-0.05, 0) is 43.4 Å². The monoisotopic (exact) mass is 433 g/mol. The molecule has 7 rings (SSSR count). The number of nitrogens with zero attached hydrogens (tertiary/aromatic N) is 4. The number of rotatable bonds is 2. The number of carbonyl (C=O) groups is 2. The Morgan fingerprint density at radius 3 is 2.59 bits per heavy atom. The lowest BCUT2D eigenvalue weighted by Gasteiger charge is -2.55. The van der Waals surface area contributed by atoms with E-state index in [1.165, 1.54) is 0 Å². The molecule has 3 aliphatic carbocycles. The van der Waals surface area contributed by atoms with Crippen molar-refractivity contribution in [2.45, 2.75) is 31.4 Å². The molecule has 3 heterocycles. The average Bonchev–Trinajstić information content (AvgIpc) is 2.84. The SMILES string of the molecule is O=C1N[C@]2(C[C@H]3CC[C@@H]2C[C@@H]3C(=O)N2CCN(c3ncccn3)CC2)Oc2ccccc21. The average molecular weight is 434 g/mol. The largest absolute Gasteiger partial charge is 0.467 e. The van der Waals surface area contributed by atoms with Crippen molar-refractivity contribution in [1.29, 1.82) is 0 Å². The van der Waals surface area contributed by atoms with Crippen LogP contribution in [0.2, 0.25) is 0 Å². The first kappa shape index (κ1) is 19.5. The van der Waals surface area contributed by atoms with Crippen molar-refractivity contribution in [1.82, 2.24) is 20.2 Å². The van der Waals surface area contributed by atoms with Crippen molar-refractivity contribution in [3.8, 4) is 5.75 Å². The molecule has 1 spiro atoms. The van der Waals surface area contributed by atoms with Gasteiger partial charge >= 0.3 is 0 Å². The number of hydrogen-bond acceptors (Lipinski definition) is 6. The third-order valence-corrected chi connectivity index (χ3v) is 7.71. The van der Waals surface area contributed by atoms with E-state index in [1.54, 1.807) is 18.5 Å². The fourth-order valence-corrected chi connectivity index (χ4v) is 6.08. The molecule has 8 nitrogen and oxygen atoms in total. The molecule has 166 valence electrons. The van der Waals surface area contributed by atoms with Crippen LogP contribution in [-0.4, -0.2) is 58.6 Å². The van der Waals surface area contributed by atoms with E-state index in [1.807, 2.05) is 29.2 Å². The molecule has 0 radical (unpaired) electrons. The first-order valence-electron chi connectivity index (χ1n) is 11.5. The third kappa shape index (κ3) is 3.12. The van der Waals surface area contributed by atoms with Crippen LogP contribution in [0.4, 0.5) is 5.95 Å². The van der Waals surface area contributed by atoms with Gasteiger partial charge in [-0.1, -0.05) is 12.1 Å². The number of benzene rings is 1. The Labute approximate surface area is 187 Å².